The van der Waals surface area contributed by atoms with Crippen molar-refractivity contribution in [2.24, 2.45) is 5.41 Å². The SMILES string of the molecule is CCC1(CC)CCN(c2ccc(N)c(CC#N)c2)C1. The highest BCUT2D eigenvalue weighted by molar-refractivity contribution is 5.59. The topological polar surface area (TPSA) is 53.0 Å². The second kappa shape index (κ2) is 5.52. The molecule has 1 aliphatic rings. The van der Waals surface area contributed by atoms with Gasteiger partial charge in [0, 0.05) is 24.5 Å². The van der Waals surface area contributed by atoms with Gasteiger partial charge in [-0.3, -0.25) is 0 Å². The van der Waals surface area contributed by atoms with Crippen molar-refractivity contribution in [3.05, 3.63) is 23.8 Å². The van der Waals surface area contributed by atoms with E-state index in [0.717, 1.165) is 24.3 Å². The molecule has 1 heterocycles. The zero-order chi connectivity index (χ0) is 13.9. The zero-order valence-electron chi connectivity index (χ0n) is 11.9. The number of benzene rings is 1. The van der Waals surface area contributed by atoms with Crippen molar-refractivity contribution in [3.8, 4) is 6.07 Å². The molecule has 1 fully saturated rings. The van der Waals surface area contributed by atoms with Gasteiger partial charge in [0.1, 0.15) is 0 Å². The molecule has 3 nitrogen and oxygen atoms in total. The van der Waals surface area contributed by atoms with Crippen LogP contribution >= 0.6 is 0 Å². The number of nitrogen functional groups attached to an aromatic ring is 1. The van der Waals surface area contributed by atoms with Crippen molar-refractivity contribution >= 4 is 11.4 Å². The summed E-state index contributed by atoms with van der Waals surface area (Å²) in [5.74, 6) is 0. The second-order valence-corrected chi connectivity index (χ2v) is 5.60. The van der Waals surface area contributed by atoms with E-state index in [9.17, 15) is 0 Å². The molecule has 0 unspecified atom stereocenters. The quantitative estimate of drug-likeness (QED) is 0.842. The van der Waals surface area contributed by atoms with Crippen LogP contribution in [0.1, 0.15) is 38.7 Å². The summed E-state index contributed by atoms with van der Waals surface area (Å²) < 4.78 is 0. The third-order valence-electron chi connectivity index (χ3n) is 4.70. The molecule has 0 radical (unpaired) electrons. The highest BCUT2D eigenvalue weighted by Crippen LogP contribution is 2.39. The first-order valence-electron chi connectivity index (χ1n) is 7.14. The number of hydrogen-bond acceptors (Lipinski definition) is 3. The van der Waals surface area contributed by atoms with E-state index in [1.54, 1.807) is 0 Å². The molecule has 19 heavy (non-hydrogen) atoms. The molecule has 0 saturated carbocycles. The van der Waals surface area contributed by atoms with E-state index >= 15 is 0 Å². The van der Waals surface area contributed by atoms with Crippen LogP contribution in [0.5, 0.6) is 0 Å². The van der Waals surface area contributed by atoms with Crippen LogP contribution in [0, 0.1) is 16.7 Å². The molecule has 0 spiro atoms. The smallest absolute Gasteiger partial charge is 0.0670 e. The Morgan fingerprint density at radius 1 is 1.37 bits per heavy atom. The molecular weight excluding hydrogens is 234 g/mol. The molecule has 0 aromatic heterocycles. The van der Waals surface area contributed by atoms with Crippen molar-refractivity contribution in [3.63, 3.8) is 0 Å². The van der Waals surface area contributed by atoms with Crippen molar-refractivity contribution in [2.75, 3.05) is 23.7 Å². The van der Waals surface area contributed by atoms with Crippen LogP contribution in [0.2, 0.25) is 0 Å². The summed E-state index contributed by atoms with van der Waals surface area (Å²) >= 11 is 0. The maximum atomic E-state index is 8.84. The van der Waals surface area contributed by atoms with Gasteiger partial charge in [0.2, 0.25) is 0 Å². The third-order valence-corrected chi connectivity index (χ3v) is 4.70. The summed E-state index contributed by atoms with van der Waals surface area (Å²) in [6.45, 7) is 6.81. The molecule has 2 rings (SSSR count). The number of nitrogens with two attached hydrogens (primary N) is 1. The highest BCUT2D eigenvalue weighted by Gasteiger charge is 2.34. The third kappa shape index (κ3) is 2.68. The van der Waals surface area contributed by atoms with Gasteiger partial charge < -0.3 is 10.6 Å². The number of rotatable bonds is 4. The lowest BCUT2D eigenvalue weighted by Crippen LogP contribution is -2.26. The summed E-state index contributed by atoms with van der Waals surface area (Å²) in [6.07, 6.45) is 4.12. The fourth-order valence-corrected chi connectivity index (χ4v) is 3.01. The van der Waals surface area contributed by atoms with Gasteiger partial charge in [0.25, 0.3) is 0 Å². The van der Waals surface area contributed by atoms with Crippen LogP contribution in [0.3, 0.4) is 0 Å². The van der Waals surface area contributed by atoms with Gasteiger partial charge in [-0.2, -0.15) is 5.26 Å². The summed E-state index contributed by atoms with van der Waals surface area (Å²) in [6, 6.07) is 8.28. The van der Waals surface area contributed by atoms with E-state index in [2.05, 4.69) is 36.9 Å². The maximum Gasteiger partial charge on any atom is 0.0670 e. The zero-order valence-corrected chi connectivity index (χ0v) is 11.9. The Morgan fingerprint density at radius 2 is 2.11 bits per heavy atom. The largest absolute Gasteiger partial charge is 0.398 e. The minimum Gasteiger partial charge on any atom is -0.398 e. The standard InChI is InChI=1S/C16H23N3/c1-3-16(4-2)8-10-19(12-16)14-5-6-15(18)13(11-14)7-9-17/h5-6,11H,3-4,7-8,10,12,18H2,1-2H3. The van der Waals surface area contributed by atoms with Crippen molar-refractivity contribution in [1.29, 1.82) is 5.26 Å². The Balaban J connectivity index is 2.20. The normalized spacial score (nSPS) is 17.4. The van der Waals surface area contributed by atoms with Gasteiger partial charge in [-0.25, -0.2) is 0 Å². The molecule has 2 N–H and O–H groups in total. The lowest BCUT2D eigenvalue weighted by atomic mass is 9.82. The van der Waals surface area contributed by atoms with Gasteiger partial charge in [-0.05, 0) is 48.4 Å². The first kappa shape index (κ1) is 13.7. The fourth-order valence-electron chi connectivity index (χ4n) is 3.01. The lowest BCUT2D eigenvalue weighted by Gasteiger charge is -2.27. The average Bonchev–Trinajstić information content (AvgIpc) is 2.87. The van der Waals surface area contributed by atoms with E-state index in [1.165, 1.54) is 24.9 Å². The van der Waals surface area contributed by atoms with Crippen LogP contribution < -0.4 is 10.6 Å². The van der Waals surface area contributed by atoms with Crippen LogP contribution in [-0.4, -0.2) is 13.1 Å². The van der Waals surface area contributed by atoms with E-state index in [0.29, 0.717) is 11.8 Å². The van der Waals surface area contributed by atoms with Gasteiger partial charge in [-0.15, -0.1) is 0 Å². The van der Waals surface area contributed by atoms with Gasteiger partial charge >= 0.3 is 0 Å². The Labute approximate surface area is 116 Å². The van der Waals surface area contributed by atoms with Gasteiger partial charge in [-0.1, -0.05) is 13.8 Å². The molecule has 1 aromatic carbocycles. The number of nitriles is 1. The van der Waals surface area contributed by atoms with Crippen molar-refractivity contribution < 1.29 is 0 Å². The van der Waals surface area contributed by atoms with Gasteiger partial charge in [0.15, 0.2) is 0 Å². The van der Waals surface area contributed by atoms with Crippen LogP contribution in [0.25, 0.3) is 0 Å². The molecular formula is C16H23N3. The first-order chi connectivity index (χ1) is 9.14. The molecule has 0 bridgehead atoms. The van der Waals surface area contributed by atoms with Crippen LogP contribution in [0.15, 0.2) is 18.2 Å². The fraction of sp³-hybridized carbons (Fsp3) is 0.562. The van der Waals surface area contributed by atoms with Gasteiger partial charge in [0.05, 0.1) is 12.5 Å². The molecule has 3 heteroatoms. The summed E-state index contributed by atoms with van der Waals surface area (Å²) in [5, 5.41) is 8.84. The molecule has 0 amide bonds. The van der Waals surface area contributed by atoms with Crippen LogP contribution in [0.4, 0.5) is 11.4 Å². The summed E-state index contributed by atoms with van der Waals surface area (Å²) in [4.78, 5) is 2.44. The molecule has 1 aromatic rings. The highest BCUT2D eigenvalue weighted by atomic mass is 15.2. The molecule has 0 atom stereocenters. The minimum absolute atomic E-state index is 0.389. The predicted octanol–water partition coefficient (Wildman–Crippen LogP) is 3.35. The van der Waals surface area contributed by atoms with Crippen molar-refractivity contribution in [2.45, 2.75) is 39.5 Å². The monoisotopic (exact) mass is 257 g/mol. The maximum absolute atomic E-state index is 8.84. The molecule has 0 aliphatic carbocycles. The van der Waals surface area contributed by atoms with E-state index in [-0.39, 0.29) is 0 Å². The first-order valence-corrected chi connectivity index (χ1v) is 7.14. The minimum atomic E-state index is 0.389. The van der Waals surface area contributed by atoms with Crippen molar-refractivity contribution in [1.82, 2.24) is 0 Å². The molecule has 1 aliphatic heterocycles. The Morgan fingerprint density at radius 3 is 2.68 bits per heavy atom. The lowest BCUT2D eigenvalue weighted by molar-refractivity contribution is 0.301. The number of nitrogens with zero attached hydrogens (tertiary/aromatic N) is 2. The Hall–Kier alpha value is -1.69. The second-order valence-electron chi connectivity index (χ2n) is 5.60. The summed E-state index contributed by atoms with van der Waals surface area (Å²) in [7, 11) is 0. The van der Waals surface area contributed by atoms with E-state index < -0.39 is 0 Å². The van der Waals surface area contributed by atoms with E-state index in [1.807, 2.05) is 6.07 Å². The predicted molar refractivity (Wildman–Crippen MR) is 80.0 cm³/mol. The molecule has 102 valence electrons. The number of anilines is 2. The average molecular weight is 257 g/mol. The Kier molecular flexibility index (Phi) is 3.99. The van der Waals surface area contributed by atoms with Crippen LogP contribution in [-0.2, 0) is 6.42 Å². The molecule has 1 saturated heterocycles. The summed E-state index contributed by atoms with van der Waals surface area (Å²) in [5.41, 5.74) is 9.26. The van der Waals surface area contributed by atoms with E-state index in [4.69, 9.17) is 11.0 Å². The number of hydrogen-bond donors (Lipinski definition) is 1. The Bertz CT molecular complexity index is 483.